The van der Waals surface area contributed by atoms with E-state index < -0.39 is 66.5 Å². The van der Waals surface area contributed by atoms with Crippen LogP contribution in [0.2, 0.25) is 0 Å². The molecule has 0 N–H and O–H groups in total. The molecule has 0 radical (unpaired) electrons. The van der Waals surface area contributed by atoms with Gasteiger partial charge in [-0.3, -0.25) is 0 Å². The number of hydrogen-bond acceptors (Lipinski definition) is 3. The maximum atomic E-state index is 13.7. The second-order valence-corrected chi connectivity index (χ2v) is 5.05. The van der Waals surface area contributed by atoms with Crippen LogP contribution in [0, 0.1) is 40.7 Å². The maximum absolute atomic E-state index is 13.7. The summed E-state index contributed by atoms with van der Waals surface area (Å²) in [5.74, 6) is -17.9. The minimum atomic E-state index is -5.98. The number of hydrogen-bond donors (Lipinski definition) is 0. The molecule has 0 unspecified atom stereocenters. The summed E-state index contributed by atoms with van der Waals surface area (Å²) in [6.45, 7) is 0. The summed E-state index contributed by atoms with van der Waals surface area (Å²) in [5, 5.41) is -4.02. The van der Waals surface area contributed by atoms with E-state index in [4.69, 9.17) is 0 Å². The van der Waals surface area contributed by atoms with Crippen LogP contribution < -0.4 is 0 Å². The van der Waals surface area contributed by atoms with Crippen molar-refractivity contribution in [3.8, 4) is 0 Å². The van der Waals surface area contributed by atoms with Crippen LogP contribution in [-0.2, 0) is 10.1 Å². The number of fused-ring (bicyclic) bond motifs is 1. The molecule has 0 saturated carbocycles. The highest BCUT2D eigenvalue weighted by Crippen LogP contribution is 2.35. The lowest BCUT2D eigenvalue weighted by atomic mass is 10.1. The van der Waals surface area contributed by atoms with Crippen LogP contribution in [0.15, 0.2) is 4.90 Å². The van der Waals surface area contributed by atoms with Crippen LogP contribution in [0.4, 0.5) is 30.7 Å². The molecule has 3 nitrogen and oxygen atoms in total. The van der Waals surface area contributed by atoms with Gasteiger partial charge in [0.1, 0.15) is 15.0 Å². The number of rotatable bonds is 1. The second kappa shape index (κ2) is 4.56. The molecule has 0 fully saturated rings. The van der Waals surface area contributed by atoms with Gasteiger partial charge >= 0.3 is 0 Å². The van der Waals surface area contributed by atoms with Gasteiger partial charge < -0.3 is 4.55 Å². The molecule has 0 spiro atoms. The van der Waals surface area contributed by atoms with E-state index in [1.165, 1.54) is 0 Å². The van der Waals surface area contributed by atoms with E-state index in [9.17, 15) is 43.7 Å². The van der Waals surface area contributed by atoms with Crippen molar-refractivity contribution < 1.29 is 43.7 Å². The molecule has 0 bridgehead atoms. The average molecular weight is 333 g/mol. The van der Waals surface area contributed by atoms with Gasteiger partial charge in [-0.05, 0) is 0 Å². The Balaban J connectivity index is 3.27. The summed E-state index contributed by atoms with van der Waals surface area (Å²) < 4.78 is 125. The van der Waals surface area contributed by atoms with Crippen LogP contribution in [0.1, 0.15) is 0 Å². The lowest BCUT2D eigenvalue weighted by Crippen LogP contribution is -2.11. The molecule has 21 heavy (non-hydrogen) atoms. The number of halogens is 7. The van der Waals surface area contributed by atoms with Crippen molar-refractivity contribution in [2.75, 3.05) is 0 Å². The van der Waals surface area contributed by atoms with Crippen LogP contribution >= 0.6 is 0 Å². The number of benzene rings is 2. The molecule has 2 aromatic carbocycles. The average Bonchev–Trinajstić information content (AvgIpc) is 2.36. The zero-order valence-electron chi connectivity index (χ0n) is 9.28. The Kier molecular flexibility index (Phi) is 3.37. The molecule has 0 saturated heterocycles. The van der Waals surface area contributed by atoms with Gasteiger partial charge in [-0.2, -0.15) is 0 Å². The van der Waals surface area contributed by atoms with E-state index in [1.807, 2.05) is 0 Å². The molecule has 114 valence electrons. The molecule has 0 aliphatic rings. The summed E-state index contributed by atoms with van der Waals surface area (Å²) in [4.78, 5) is -2.46. The SMILES string of the molecule is O=S(=O)([O-])c1c(F)c(F)c2c(F)c(F)c(F)c(F)c2c1F. The van der Waals surface area contributed by atoms with Crippen molar-refractivity contribution >= 4 is 20.9 Å². The lowest BCUT2D eigenvalue weighted by molar-refractivity contribution is 0.403. The largest absolute Gasteiger partial charge is 0.744 e. The van der Waals surface area contributed by atoms with Gasteiger partial charge in [-0.15, -0.1) is 0 Å². The molecule has 0 aliphatic heterocycles. The summed E-state index contributed by atoms with van der Waals surface area (Å²) in [5.41, 5.74) is 0. The third-order valence-corrected chi connectivity index (χ3v) is 3.41. The normalized spacial score (nSPS) is 12.2. The smallest absolute Gasteiger partial charge is 0.198 e. The monoisotopic (exact) mass is 333 g/mol. The van der Waals surface area contributed by atoms with Gasteiger partial charge in [0.05, 0.1) is 10.8 Å². The molecule has 0 aliphatic carbocycles. The maximum Gasteiger partial charge on any atom is 0.198 e. The first-order chi connectivity index (χ1) is 9.50. The molecule has 0 heterocycles. The first kappa shape index (κ1) is 15.5. The zero-order chi connectivity index (χ0) is 16.3. The fourth-order valence-electron chi connectivity index (χ4n) is 1.68. The van der Waals surface area contributed by atoms with Gasteiger partial charge in [0.2, 0.25) is 0 Å². The Morgan fingerprint density at radius 3 is 1.29 bits per heavy atom. The second-order valence-electron chi connectivity index (χ2n) is 3.73. The van der Waals surface area contributed by atoms with E-state index in [1.54, 1.807) is 0 Å². The van der Waals surface area contributed by atoms with Crippen molar-refractivity contribution in [2.45, 2.75) is 4.90 Å². The summed E-state index contributed by atoms with van der Waals surface area (Å²) in [6.07, 6.45) is 0. The highest BCUT2D eigenvalue weighted by Gasteiger charge is 2.32. The first-order valence-corrected chi connectivity index (χ1v) is 6.19. The zero-order valence-corrected chi connectivity index (χ0v) is 10.1. The molecule has 2 aromatic rings. The quantitative estimate of drug-likeness (QED) is 0.349. The molecular weight excluding hydrogens is 333 g/mol. The van der Waals surface area contributed by atoms with Crippen molar-refractivity contribution in [3.63, 3.8) is 0 Å². The summed E-state index contributed by atoms with van der Waals surface area (Å²) in [6, 6.07) is 0. The van der Waals surface area contributed by atoms with E-state index in [0.29, 0.717) is 0 Å². The summed E-state index contributed by atoms with van der Waals surface area (Å²) in [7, 11) is -5.98. The minimum Gasteiger partial charge on any atom is -0.744 e. The van der Waals surface area contributed by atoms with Crippen LogP contribution in [0.3, 0.4) is 0 Å². The molecule has 2 rings (SSSR count). The Labute approximate surface area is 111 Å². The van der Waals surface area contributed by atoms with E-state index >= 15 is 0 Å². The predicted molar refractivity (Wildman–Crippen MR) is 51.6 cm³/mol. The Morgan fingerprint density at radius 2 is 0.905 bits per heavy atom. The topological polar surface area (TPSA) is 57.2 Å². The van der Waals surface area contributed by atoms with Gasteiger partial charge in [0.25, 0.3) is 0 Å². The molecule has 0 atom stereocenters. The minimum absolute atomic E-state index is 1.99. The van der Waals surface area contributed by atoms with Crippen LogP contribution in [0.5, 0.6) is 0 Å². The van der Waals surface area contributed by atoms with Gasteiger partial charge in [0.15, 0.2) is 40.7 Å². The standard InChI is InChI=1S/C10HF7O3S/c11-3-1-2(4(12)8(16)7(3)15)6(14)10(21(18,19)20)9(17)5(1)13/h(H,18,19,20)/p-1. The molecular formula is C10F7O3S-. The van der Waals surface area contributed by atoms with Crippen molar-refractivity contribution in [1.82, 2.24) is 0 Å². The lowest BCUT2D eigenvalue weighted by Gasteiger charge is -2.14. The molecule has 11 heteroatoms. The van der Waals surface area contributed by atoms with E-state index in [0.717, 1.165) is 0 Å². The van der Waals surface area contributed by atoms with Gasteiger partial charge in [-0.25, -0.2) is 39.2 Å². The Hall–Kier alpha value is -1.88. The Morgan fingerprint density at radius 1 is 0.571 bits per heavy atom. The van der Waals surface area contributed by atoms with Crippen LogP contribution in [0.25, 0.3) is 10.8 Å². The first-order valence-electron chi connectivity index (χ1n) is 4.78. The third kappa shape index (κ3) is 2.03. The third-order valence-electron chi connectivity index (χ3n) is 2.55. The summed E-state index contributed by atoms with van der Waals surface area (Å²) >= 11 is 0. The van der Waals surface area contributed by atoms with Gasteiger partial charge in [0, 0.05) is 0 Å². The molecule has 0 aromatic heterocycles. The highest BCUT2D eigenvalue weighted by atomic mass is 32.2. The van der Waals surface area contributed by atoms with E-state index in [-0.39, 0.29) is 0 Å². The van der Waals surface area contributed by atoms with Crippen LogP contribution in [-0.4, -0.2) is 13.0 Å². The van der Waals surface area contributed by atoms with E-state index in [2.05, 4.69) is 0 Å². The molecule has 0 amide bonds. The van der Waals surface area contributed by atoms with Gasteiger partial charge in [-0.1, -0.05) is 0 Å². The van der Waals surface area contributed by atoms with Crippen molar-refractivity contribution in [3.05, 3.63) is 40.7 Å². The predicted octanol–water partition coefficient (Wildman–Crippen LogP) is 2.72. The van der Waals surface area contributed by atoms with Crippen molar-refractivity contribution in [1.29, 1.82) is 0 Å². The fourth-order valence-corrected chi connectivity index (χ4v) is 2.31. The highest BCUT2D eigenvalue weighted by molar-refractivity contribution is 7.85. The fraction of sp³-hybridized carbons (Fsp3) is 0. The Bertz CT molecular complexity index is 892. The van der Waals surface area contributed by atoms with Crippen molar-refractivity contribution in [2.24, 2.45) is 0 Å².